The van der Waals surface area contributed by atoms with Gasteiger partial charge in [-0.2, -0.15) is 0 Å². The molecule has 7 heteroatoms. The standard InChI is InChI=1S/C13H10ClF3N2O/c1-7-8(2)18-12(19-11(7)14)9-5-3-4-6-10(9)20-13(15,16)17/h3-6H,1-2H3. The quantitative estimate of drug-likeness (QED) is 0.775. The molecule has 0 aliphatic rings. The van der Waals surface area contributed by atoms with Gasteiger partial charge in [-0.25, -0.2) is 9.97 Å². The molecule has 0 spiro atoms. The van der Waals surface area contributed by atoms with Gasteiger partial charge in [0.15, 0.2) is 5.82 Å². The highest BCUT2D eigenvalue weighted by Gasteiger charge is 2.32. The third kappa shape index (κ3) is 3.19. The van der Waals surface area contributed by atoms with E-state index in [4.69, 9.17) is 11.6 Å². The third-order valence-electron chi connectivity index (χ3n) is 2.68. The second-order valence-electron chi connectivity index (χ2n) is 4.09. The van der Waals surface area contributed by atoms with E-state index in [1.807, 2.05) is 0 Å². The minimum atomic E-state index is -4.78. The first-order chi connectivity index (χ1) is 9.28. The van der Waals surface area contributed by atoms with E-state index in [2.05, 4.69) is 14.7 Å². The monoisotopic (exact) mass is 302 g/mol. The number of benzene rings is 1. The fourth-order valence-electron chi connectivity index (χ4n) is 1.58. The van der Waals surface area contributed by atoms with Crippen molar-refractivity contribution in [3.8, 4) is 17.1 Å². The lowest BCUT2D eigenvalue weighted by molar-refractivity contribution is -0.274. The van der Waals surface area contributed by atoms with E-state index in [1.54, 1.807) is 19.9 Å². The highest BCUT2D eigenvalue weighted by molar-refractivity contribution is 6.30. The smallest absolute Gasteiger partial charge is 0.405 e. The number of hydrogen-bond donors (Lipinski definition) is 0. The van der Waals surface area contributed by atoms with Crippen molar-refractivity contribution in [2.24, 2.45) is 0 Å². The maximum absolute atomic E-state index is 12.4. The summed E-state index contributed by atoms with van der Waals surface area (Å²) in [7, 11) is 0. The molecule has 3 nitrogen and oxygen atoms in total. The molecule has 2 aromatic rings. The fraction of sp³-hybridized carbons (Fsp3) is 0.231. The number of aryl methyl sites for hydroxylation is 1. The van der Waals surface area contributed by atoms with Crippen LogP contribution in [0.5, 0.6) is 5.75 Å². The van der Waals surface area contributed by atoms with Crippen LogP contribution < -0.4 is 4.74 Å². The first-order valence-corrected chi connectivity index (χ1v) is 6.01. The summed E-state index contributed by atoms with van der Waals surface area (Å²) >= 11 is 5.94. The Bertz CT molecular complexity index is 621. The summed E-state index contributed by atoms with van der Waals surface area (Å²) in [6, 6.07) is 5.66. The third-order valence-corrected chi connectivity index (χ3v) is 3.05. The fourth-order valence-corrected chi connectivity index (χ4v) is 1.80. The number of halogens is 4. The molecule has 1 aromatic carbocycles. The molecule has 0 saturated heterocycles. The highest BCUT2D eigenvalue weighted by atomic mass is 35.5. The molecule has 1 aromatic heterocycles. The van der Waals surface area contributed by atoms with Gasteiger partial charge in [-0.3, -0.25) is 0 Å². The number of ether oxygens (including phenoxy) is 1. The maximum Gasteiger partial charge on any atom is 0.573 e. The van der Waals surface area contributed by atoms with Crippen LogP contribution in [-0.2, 0) is 0 Å². The predicted octanol–water partition coefficient (Wildman–Crippen LogP) is 4.31. The molecule has 0 fully saturated rings. The van der Waals surface area contributed by atoms with Gasteiger partial charge < -0.3 is 4.74 Å². The molecule has 106 valence electrons. The molecule has 0 amide bonds. The lowest BCUT2D eigenvalue weighted by Crippen LogP contribution is -2.17. The van der Waals surface area contributed by atoms with Crippen LogP contribution in [0.15, 0.2) is 24.3 Å². The lowest BCUT2D eigenvalue weighted by atomic mass is 10.1. The van der Waals surface area contributed by atoms with Crippen LogP contribution in [0.25, 0.3) is 11.4 Å². The van der Waals surface area contributed by atoms with Crippen LogP contribution in [0.3, 0.4) is 0 Å². The Kier molecular flexibility index (Phi) is 3.85. The van der Waals surface area contributed by atoms with Gasteiger partial charge in [0.2, 0.25) is 0 Å². The highest BCUT2D eigenvalue weighted by Crippen LogP contribution is 2.33. The van der Waals surface area contributed by atoms with E-state index in [-0.39, 0.29) is 22.3 Å². The van der Waals surface area contributed by atoms with Crippen molar-refractivity contribution in [2.45, 2.75) is 20.2 Å². The summed E-state index contributed by atoms with van der Waals surface area (Å²) < 4.78 is 41.1. The topological polar surface area (TPSA) is 35.0 Å². The van der Waals surface area contributed by atoms with Gasteiger partial charge in [0, 0.05) is 11.3 Å². The van der Waals surface area contributed by atoms with Crippen molar-refractivity contribution in [3.63, 3.8) is 0 Å². The van der Waals surface area contributed by atoms with Crippen molar-refractivity contribution in [3.05, 3.63) is 40.7 Å². The van der Waals surface area contributed by atoms with Gasteiger partial charge in [-0.15, -0.1) is 13.2 Å². The Labute approximate surface area is 118 Å². The molecular formula is C13H10ClF3N2O. The molecule has 0 saturated carbocycles. The molecule has 0 N–H and O–H groups in total. The van der Waals surface area contributed by atoms with E-state index in [0.29, 0.717) is 11.3 Å². The largest absolute Gasteiger partial charge is 0.573 e. The van der Waals surface area contributed by atoms with E-state index in [9.17, 15) is 13.2 Å². The van der Waals surface area contributed by atoms with Gasteiger partial charge in [-0.1, -0.05) is 23.7 Å². The molecule has 0 radical (unpaired) electrons. The molecule has 0 atom stereocenters. The van der Waals surface area contributed by atoms with E-state index in [0.717, 1.165) is 0 Å². The van der Waals surface area contributed by atoms with E-state index in [1.165, 1.54) is 18.2 Å². The molecule has 0 aliphatic heterocycles. The van der Waals surface area contributed by atoms with E-state index >= 15 is 0 Å². The van der Waals surface area contributed by atoms with Crippen molar-refractivity contribution in [1.29, 1.82) is 0 Å². The van der Waals surface area contributed by atoms with Crippen molar-refractivity contribution in [1.82, 2.24) is 9.97 Å². The first kappa shape index (κ1) is 14.6. The Hall–Kier alpha value is -1.82. The number of alkyl halides is 3. The number of para-hydroxylation sites is 1. The number of hydrogen-bond acceptors (Lipinski definition) is 3. The van der Waals surface area contributed by atoms with Crippen LogP contribution >= 0.6 is 11.6 Å². The summed E-state index contributed by atoms with van der Waals surface area (Å²) in [6.45, 7) is 3.44. The lowest BCUT2D eigenvalue weighted by Gasteiger charge is -2.13. The Balaban J connectivity index is 2.53. The van der Waals surface area contributed by atoms with Crippen LogP contribution in [0.2, 0.25) is 5.15 Å². The van der Waals surface area contributed by atoms with Crippen LogP contribution in [0, 0.1) is 13.8 Å². The van der Waals surface area contributed by atoms with Gasteiger partial charge in [-0.05, 0) is 26.0 Å². The Morgan fingerprint density at radius 1 is 1.10 bits per heavy atom. The number of rotatable bonds is 2. The normalized spacial score (nSPS) is 11.5. The van der Waals surface area contributed by atoms with Crippen molar-refractivity contribution in [2.75, 3.05) is 0 Å². The first-order valence-electron chi connectivity index (χ1n) is 5.64. The van der Waals surface area contributed by atoms with Crippen LogP contribution in [0.1, 0.15) is 11.3 Å². The van der Waals surface area contributed by atoms with E-state index < -0.39 is 6.36 Å². The van der Waals surface area contributed by atoms with Crippen molar-refractivity contribution < 1.29 is 17.9 Å². The SMILES string of the molecule is Cc1nc(-c2ccccc2OC(F)(F)F)nc(Cl)c1C. The van der Waals surface area contributed by atoms with Gasteiger partial charge in [0.25, 0.3) is 0 Å². The molecule has 20 heavy (non-hydrogen) atoms. The summed E-state index contributed by atoms with van der Waals surface area (Å²) in [5.41, 5.74) is 1.42. The minimum Gasteiger partial charge on any atom is -0.405 e. The molecule has 0 aliphatic carbocycles. The molecule has 2 rings (SSSR count). The van der Waals surface area contributed by atoms with Crippen LogP contribution in [0.4, 0.5) is 13.2 Å². The molecular weight excluding hydrogens is 293 g/mol. The number of nitrogens with zero attached hydrogens (tertiary/aromatic N) is 2. The second-order valence-corrected chi connectivity index (χ2v) is 4.45. The molecule has 0 unspecified atom stereocenters. The van der Waals surface area contributed by atoms with Crippen LogP contribution in [-0.4, -0.2) is 16.3 Å². The summed E-state index contributed by atoms with van der Waals surface area (Å²) in [5.74, 6) is -0.266. The predicted molar refractivity (Wildman–Crippen MR) is 68.6 cm³/mol. The summed E-state index contributed by atoms with van der Waals surface area (Å²) in [6.07, 6.45) is -4.78. The molecule has 0 bridgehead atoms. The minimum absolute atomic E-state index is 0.0953. The maximum atomic E-state index is 12.4. The average Bonchev–Trinajstić information content (AvgIpc) is 2.34. The zero-order chi connectivity index (χ0) is 14.9. The Morgan fingerprint density at radius 2 is 1.75 bits per heavy atom. The zero-order valence-corrected chi connectivity index (χ0v) is 11.4. The summed E-state index contributed by atoms with van der Waals surface area (Å²) in [4.78, 5) is 8.15. The van der Waals surface area contributed by atoms with Gasteiger partial charge >= 0.3 is 6.36 Å². The van der Waals surface area contributed by atoms with Crippen molar-refractivity contribution >= 4 is 11.6 Å². The zero-order valence-electron chi connectivity index (χ0n) is 10.6. The average molecular weight is 303 g/mol. The second kappa shape index (κ2) is 5.28. The Morgan fingerprint density at radius 3 is 2.35 bits per heavy atom. The molecule has 1 heterocycles. The number of aromatic nitrogens is 2. The van der Waals surface area contributed by atoms with Gasteiger partial charge in [0.05, 0.1) is 5.56 Å². The summed E-state index contributed by atoms with van der Waals surface area (Å²) in [5, 5.41) is 0.203. The van der Waals surface area contributed by atoms with Gasteiger partial charge in [0.1, 0.15) is 10.9 Å².